The maximum atomic E-state index is 9.96. The van der Waals surface area contributed by atoms with Gasteiger partial charge in [-0.15, -0.1) is 0 Å². The largest absolute Gasteiger partial charge is 0.490 e. The van der Waals surface area contributed by atoms with Gasteiger partial charge < -0.3 is 19.9 Å². The number of hydrogen-bond acceptors (Lipinski definition) is 4. The summed E-state index contributed by atoms with van der Waals surface area (Å²) in [4.78, 5) is 0. The molecule has 4 nitrogen and oxygen atoms in total. The minimum absolute atomic E-state index is 0.229. The molecular weight excluding hydrogens is 254 g/mol. The van der Waals surface area contributed by atoms with Gasteiger partial charge in [0.25, 0.3) is 0 Å². The van der Waals surface area contributed by atoms with Crippen LogP contribution in [0.4, 0.5) is 0 Å². The van der Waals surface area contributed by atoms with Crippen molar-refractivity contribution in [3.63, 3.8) is 0 Å². The second kappa shape index (κ2) is 6.57. The van der Waals surface area contributed by atoms with Crippen molar-refractivity contribution in [1.29, 1.82) is 0 Å². The summed E-state index contributed by atoms with van der Waals surface area (Å²) < 4.78 is 10.9. The van der Waals surface area contributed by atoms with Crippen LogP contribution in [0, 0.1) is 19.3 Å². The molecule has 1 saturated heterocycles. The molecule has 20 heavy (non-hydrogen) atoms. The van der Waals surface area contributed by atoms with Crippen LogP contribution in [0.25, 0.3) is 0 Å². The Labute approximate surface area is 121 Å². The van der Waals surface area contributed by atoms with Crippen LogP contribution in [0.2, 0.25) is 0 Å². The number of benzene rings is 1. The van der Waals surface area contributed by atoms with Crippen molar-refractivity contribution in [2.24, 2.45) is 5.41 Å². The number of para-hydroxylation sites is 1. The standard InChI is InChI=1S/C16H25NO3/c1-12-5-4-6-13(2)15(12)20-8-14(18)7-17-9-16(3)10-19-11-16/h4-6,14,17-18H,7-11H2,1-3H3. The van der Waals surface area contributed by atoms with E-state index < -0.39 is 6.10 Å². The fourth-order valence-corrected chi connectivity index (χ4v) is 2.36. The van der Waals surface area contributed by atoms with Gasteiger partial charge in [-0.25, -0.2) is 0 Å². The van der Waals surface area contributed by atoms with E-state index in [1.165, 1.54) is 0 Å². The van der Waals surface area contributed by atoms with Crippen molar-refractivity contribution in [2.45, 2.75) is 26.9 Å². The molecule has 1 heterocycles. The lowest BCUT2D eigenvalue weighted by atomic mass is 9.89. The van der Waals surface area contributed by atoms with E-state index >= 15 is 0 Å². The molecule has 0 aliphatic carbocycles. The molecule has 1 aliphatic heterocycles. The summed E-state index contributed by atoms with van der Waals surface area (Å²) in [7, 11) is 0. The van der Waals surface area contributed by atoms with E-state index in [1.807, 2.05) is 32.0 Å². The molecule has 0 saturated carbocycles. The van der Waals surface area contributed by atoms with E-state index in [1.54, 1.807) is 0 Å². The highest BCUT2D eigenvalue weighted by Crippen LogP contribution is 2.25. The predicted molar refractivity (Wildman–Crippen MR) is 79.2 cm³/mol. The lowest BCUT2D eigenvalue weighted by Crippen LogP contribution is -2.48. The number of hydrogen-bond donors (Lipinski definition) is 2. The van der Waals surface area contributed by atoms with Gasteiger partial charge in [-0.1, -0.05) is 25.1 Å². The van der Waals surface area contributed by atoms with Crippen LogP contribution in [0.3, 0.4) is 0 Å². The van der Waals surface area contributed by atoms with E-state index in [4.69, 9.17) is 9.47 Å². The second-order valence-electron chi connectivity index (χ2n) is 6.12. The van der Waals surface area contributed by atoms with Crippen LogP contribution < -0.4 is 10.1 Å². The summed E-state index contributed by atoms with van der Waals surface area (Å²) in [6.45, 7) is 9.54. The van der Waals surface area contributed by atoms with Crippen LogP contribution in [-0.2, 0) is 4.74 Å². The summed E-state index contributed by atoms with van der Waals surface area (Å²) in [5.41, 5.74) is 2.43. The molecule has 0 amide bonds. The topological polar surface area (TPSA) is 50.7 Å². The lowest BCUT2D eigenvalue weighted by molar-refractivity contribution is -0.0997. The second-order valence-corrected chi connectivity index (χ2v) is 6.12. The van der Waals surface area contributed by atoms with Gasteiger partial charge in [0.15, 0.2) is 0 Å². The number of nitrogens with one attached hydrogen (secondary N) is 1. The van der Waals surface area contributed by atoms with Crippen LogP contribution in [0.5, 0.6) is 5.75 Å². The van der Waals surface area contributed by atoms with Crippen LogP contribution in [0.1, 0.15) is 18.1 Å². The number of aryl methyl sites for hydroxylation is 2. The zero-order chi connectivity index (χ0) is 14.6. The fourth-order valence-electron chi connectivity index (χ4n) is 2.36. The zero-order valence-corrected chi connectivity index (χ0v) is 12.6. The number of rotatable bonds is 7. The third-order valence-electron chi connectivity index (χ3n) is 3.66. The quantitative estimate of drug-likeness (QED) is 0.797. The van der Waals surface area contributed by atoms with Gasteiger partial charge >= 0.3 is 0 Å². The first-order valence-corrected chi connectivity index (χ1v) is 7.16. The molecular formula is C16H25NO3. The van der Waals surface area contributed by atoms with Crippen LogP contribution in [0.15, 0.2) is 18.2 Å². The molecule has 1 atom stereocenters. The SMILES string of the molecule is Cc1cccc(C)c1OCC(O)CNCC1(C)COC1. The molecule has 2 N–H and O–H groups in total. The first-order valence-electron chi connectivity index (χ1n) is 7.16. The molecule has 1 aromatic rings. The van der Waals surface area contributed by atoms with Gasteiger partial charge in [0.1, 0.15) is 18.5 Å². The van der Waals surface area contributed by atoms with Gasteiger partial charge in [0.05, 0.1) is 13.2 Å². The zero-order valence-electron chi connectivity index (χ0n) is 12.6. The number of ether oxygens (including phenoxy) is 2. The fraction of sp³-hybridized carbons (Fsp3) is 0.625. The molecule has 2 rings (SSSR count). The van der Waals surface area contributed by atoms with Crippen molar-refractivity contribution >= 4 is 0 Å². The van der Waals surface area contributed by atoms with Gasteiger partial charge in [-0.3, -0.25) is 0 Å². The highest BCUT2D eigenvalue weighted by atomic mass is 16.5. The minimum Gasteiger partial charge on any atom is -0.490 e. The Kier molecular flexibility index (Phi) is 5.02. The Morgan fingerprint density at radius 1 is 1.35 bits per heavy atom. The van der Waals surface area contributed by atoms with Gasteiger partial charge in [0.2, 0.25) is 0 Å². The number of aliphatic hydroxyl groups excluding tert-OH is 1. The third kappa shape index (κ3) is 3.95. The van der Waals surface area contributed by atoms with Crippen molar-refractivity contribution in [1.82, 2.24) is 5.32 Å². The Balaban J connectivity index is 1.70. The summed E-state index contributed by atoms with van der Waals surface area (Å²) in [5, 5.41) is 13.2. The monoisotopic (exact) mass is 279 g/mol. The molecule has 4 heteroatoms. The number of aliphatic hydroxyl groups is 1. The molecule has 1 fully saturated rings. The summed E-state index contributed by atoms with van der Waals surface area (Å²) in [6, 6.07) is 6.05. The molecule has 112 valence electrons. The molecule has 0 aromatic heterocycles. The van der Waals surface area contributed by atoms with Crippen molar-refractivity contribution < 1.29 is 14.6 Å². The van der Waals surface area contributed by atoms with Crippen molar-refractivity contribution in [2.75, 3.05) is 32.9 Å². The Bertz CT molecular complexity index is 423. The Morgan fingerprint density at radius 2 is 2.00 bits per heavy atom. The average Bonchev–Trinajstić information content (AvgIpc) is 2.36. The average molecular weight is 279 g/mol. The first kappa shape index (κ1) is 15.3. The molecule has 0 bridgehead atoms. The molecule has 1 aliphatic rings. The Morgan fingerprint density at radius 3 is 2.55 bits per heavy atom. The highest BCUT2D eigenvalue weighted by Gasteiger charge is 2.32. The highest BCUT2D eigenvalue weighted by molar-refractivity contribution is 5.39. The molecule has 0 radical (unpaired) electrons. The van der Waals surface area contributed by atoms with Gasteiger partial charge in [-0.2, -0.15) is 0 Å². The van der Waals surface area contributed by atoms with Crippen LogP contribution >= 0.6 is 0 Å². The van der Waals surface area contributed by atoms with E-state index in [2.05, 4.69) is 12.2 Å². The maximum absolute atomic E-state index is 9.96. The van der Waals surface area contributed by atoms with Gasteiger partial charge in [0, 0.05) is 18.5 Å². The maximum Gasteiger partial charge on any atom is 0.125 e. The van der Waals surface area contributed by atoms with Crippen molar-refractivity contribution in [3.8, 4) is 5.75 Å². The predicted octanol–water partition coefficient (Wildman–Crippen LogP) is 1.67. The normalized spacial score (nSPS) is 18.4. The summed E-state index contributed by atoms with van der Waals surface area (Å²) in [5.74, 6) is 0.880. The molecule has 1 unspecified atom stereocenters. The van der Waals surface area contributed by atoms with Crippen LogP contribution in [-0.4, -0.2) is 44.1 Å². The molecule has 1 aromatic carbocycles. The van der Waals surface area contributed by atoms with E-state index in [9.17, 15) is 5.11 Å². The van der Waals surface area contributed by atoms with Gasteiger partial charge in [-0.05, 0) is 25.0 Å². The summed E-state index contributed by atoms with van der Waals surface area (Å²) in [6.07, 6.45) is -0.501. The molecule has 0 spiro atoms. The van der Waals surface area contributed by atoms with Crippen molar-refractivity contribution in [3.05, 3.63) is 29.3 Å². The summed E-state index contributed by atoms with van der Waals surface area (Å²) >= 11 is 0. The first-order chi connectivity index (χ1) is 9.50. The van der Waals surface area contributed by atoms with E-state index in [0.717, 1.165) is 36.6 Å². The lowest BCUT2D eigenvalue weighted by Gasteiger charge is -2.38. The minimum atomic E-state index is -0.501. The Hall–Kier alpha value is -1.10. The van der Waals surface area contributed by atoms with E-state index in [0.29, 0.717) is 13.2 Å². The third-order valence-corrected chi connectivity index (χ3v) is 3.66. The smallest absolute Gasteiger partial charge is 0.125 e. The van der Waals surface area contributed by atoms with E-state index in [-0.39, 0.29) is 5.41 Å².